The lowest BCUT2D eigenvalue weighted by atomic mass is 10.4. The molecule has 1 rings (SSSR count). The van der Waals surface area contributed by atoms with Gasteiger partial charge < -0.3 is 10.4 Å². The summed E-state index contributed by atoms with van der Waals surface area (Å²) in [6.07, 6.45) is 7.44. The van der Waals surface area contributed by atoms with Crippen molar-refractivity contribution < 1.29 is 14.7 Å². The first-order chi connectivity index (χ1) is 7.61. The van der Waals surface area contributed by atoms with Gasteiger partial charge in [-0.1, -0.05) is 5.92 Å². The molecule has 0 unspecified atom stereocenters. The fourth-order valence-electron chi connectivity index (χ4n) is 1.33. The fourth-order valence-corrected chi connectivity index (χ4v) is 1.33. The highest BCUT2D eigenvalue weighted by atomic mass is 16.4. The lowest BCUT2D eigenvalue weighted by Gasteiger charge is -2.16. The van der Waals surface area contributed by atoms with Gasteiger partial charge in [0.05, 0.1) is 19.6 Å². The minimum absolute atomic E-state index is 0.0449. The van der Waals surface area contributed by atoms with Crippen LogP contribution in [0, 0.1) is 18.3 Å². The number of carbonyl (C=O) groups is 2. The minimum atomic E-state index is -0.981. The molecule has 1 fully saturated rings. The van der Waals surface area contributed by atoms with Gasteiger partial charge >= 0.3 is 5.97 Å². The summed E-state index contributed by atoms with van der Waals surface area (Å²) in [5.41, 5.74) is 0. The van der Waals surface area contributed by atoms with Crippen LogP contribution >= 0.6 is 0 Å². The van der Waals surface area contributed by atoms with Crippen molar-refractivity contribution in [2.24, 2.45) is 5.92 Å². The van der Waals surface area contributed by atoms with Crippen LogP contribution in [-0.4, -0.2) is 48.1 Å². The summed E-state index contributed by atoms with van der Waals surface area (Å²) < 4.78 is 0. The molecule has 2 N–H and O–H groups in total. The van der Waals surface area contributed by atoms with Gasteiger partial charge in [-0.2, -0.15) is 0 Å². The van der Waals surface area contributed by atoms with Crippen LogP contribution in [0.3, 0.4) is 0 Å². The van der Waals surface area contributed by atoms with Crippen molar-refractivity contribution in [1.29, 1.82) is 0 Å². The van der Waals surface area contributed by atoms with Gasteiger partial charge in [0.25, 0.3) is 0 Å². The molecule has 0 aromatic heterocycles. The van der Waals surface area contributed by atoms with Gasteiger partial charge in [-0.25, -0.2) is 0 Å². The van der Waals surface area contributed by atoms with E-state index in [9.17, 15) is 9.59 Å². The highest BCUT2D eigenvalue weighted by Gasteiger charge is 2.22. The second-order valence-electron chi connectivity index (χ2n) is 3.99. The first-order valence-electron chi connectivity index (χ1n) is 5.26. The Labute approximate surface area is 94.8 Å². The molecule has 0 saturated heterocycles. The van der Waals surface area contributed by atoms with Crippen molar-refractivity contribution in [2.75, 3.05) is 26.2 Å². The monoisotopic (exact) mass is 224 g/mol. The normalized spacial score (nSPS) is 14.5. The van der Waals surface area contributed by atoms with E-state index in [0.717, 1.165) is 0 Å². The van der Waals surface area contributed by atoms with Crippen molar-refractivity contribution in [1.82, 2.24) is 10.2 Å². The quantitative estimate of drug-likeness (QED) is 0.574. The molecule has 0 spiro atoms. The Balaban J connectivity index is 2.25. The Kier molecular flexibility index (Phi) is 4.80. The van der Waals surface area contributed by atoms with Crippen molar-refractivity contribution in [3.05, 3.63) is 0 Å². The van der Waals surface area contributed by atoms with Crippen molar-refractivity contribution >= 4 is 11.9 Å². The van der Waals surface area contributed by atoms with Crippen LogP contribution in [0.4, 0.5) is 0 Å². The number of nitrogens with zero attached hydrogens (tertiary/aromatic N) is 1. The maximum Gasteiger partial charge on any atom is 0.317 e. The molecule has 0 radical (unpaired) electrons. The summed E-state index contributed by atoms with van der Waals surface area (Å²) in [6, 6.07) is 0. The summed E-state index contributed by atoms with van der Waals surface area (Å²) in [5.74, 6) is 1.81. The number of carbonyl (C=O) groups excluding carboxylic acids is 1. The predicted octanol–water partition coefficient (Wildman–Crippen LogP) is -0.468. The Bertz CT molecular complexity index is 305. The van der Waals surface area contributed by atoms with Gasteiger partial charge in [0.1, 0.15) is 0 Å². The number of hydrogen-bond acceptors (Lipinski definition) is 3. The van der Waals surface area contributed by atoms with E-state index in [2.05, 4.69) is 11.2 Å². The van der Waals surface area contributed by atoms with Crippen LogP contribution in [-0.2, 0) is 9.59 Å². The maximum absolute atomic E-state index is 11.4. The van der Waals surface area contributed by atoms with Gasteiger partial charge in [-0.15, -0.1) is 6.42 Å². The Morgan fingerprint density at radius 2 is 2.12 bits per heavy atom. The molecule has 88 valence electrons. The second kappa shape index (κ2) is 6.13. The number of terminal acetylenes is 1. The highest BCUT2D eigenvalue weighted by Crippen LogP contribution is 2.27. The van der Waals surface area contributed by atoms with E-state index < -0.39 is 5.97 Å². The molecule has 0 bridgehead atoms. The van der Waals surface area contributed by atoms with Gasteiger partial charge in [-0.05, 0) is 18.8 Å². The van der Waals surface area contributed by atoms with Gasteiger partial charge in [-0.3, -0.25) is 14.5 Å². The molecule has 1 aliphatic rings. The summed E-state index contributed by atoms with van der Waals surface area (Å²) in [4.78, 5) is 23.3. The highest BCUT2D eigenvalue weighted by molar-refractivity contribution is 5.79. The molecule has 5 heteroatoms. The average molecular weight is 224 g/mol. The largest absolute Gasteiger partial charge is 0.480 e. The molecule has 16 heavy (non-hydrogen) atoms. The summed E-state index contributed by atoms with van der Waals surface area (Å²) in [7, 11) is 0. The van der Waals surface area contributed by atoms with Gasteiger partial charge in [0.2, 0.25) is 5.91 Å². The molecule has 5 nitrogen and oxygen atoms in total. The smallest absolute Gasteiger partial charge is 0.317 e. The molecule has 1 aliphatic carbocycles. The first-order valence-corrected chi connectivity index (χ1v) is 5.26. The van der Waals surface area contributed by atoms with Crippen LogP contribution in [0.1, 0.15) is 12.8 Å². The van der Waals surface area contributed by atoms with Crippen LogP contribution in [0.5, 0.6) is 0 Å². The summed E-state index contributed by atoms with van der Waals surface area (Å²) in [5, 5.41) is 11.4. The molecule has 1 saturated carbocycles. The minimum Gasteiger partial charge on any atom is -0.480 e. The van der Waals surface area contributed by atoms with Crippen molar-refractivity contribution in [2.45, 2.75) is 12.8 Å². The predicted molar refractivity (Wildman–Crippen MR) is 58.6 cm³/mol. The number of hydrogen-bond donors (Lipinski definition) is 2. The molecule has 0 aromatic carbocycles. The molecule has 0 aromatic rings. The molecular formula is C11H16N2O3. The number of rotatable bonds is 7. The zero-order valence-corrected chi connectivity index (χ0v) is 9.11. The third-order valence-corrected chi connectivity index (χ3v) is 2.33. The van der Waals surface area contributed by atoms with E-state index >= 15 is 0 Å². The lowest BCUT2D eigenvalue weighted by Crippen LogP contribution is -2.40. The fraction of sp³-hybridized carbons (Fsp3) is 0.636. The molecule has 0 atom stereocenters. The van der Waals surface area contributed by atoms with Crippen molar-refractivity contribution in [3.63, 3.8) is 0 Å². The first kappa shape index (κ1) is 12.5. The van der Waals surface area contributed by atoms with Gasteiger partial charge in [0, 0.05) is 6.54 Å². The Morgan fingerprint density at radius 1 is 1.44 bits per heavy atom. The van der Waals surface area contributed by atoms with Gasteiger partial charge in [0.15, 0.2) is 0 Å². The molecule has 0 heterocycles. The Hall–Kier alpha value is -1.54. The standard InChI is InChI=1S/C11H16N2O3/c1-2-5-13(8-11(15)16)7-10(14)12-6-9-3-4-9/h1,9H,3-8H2,(H,12,14)(H,15,16). The van der Waals surface area contributed by atoms with Crippen LogP contribution < -0.4 is 5.32 Å². The van der Waals surface area contributed by atoms with E-state index in [4.69, 9.17) is 11.5 Å². The zero-order valence-electron chi connectivity index (χ0n) is 9.11. The molecule has 0 aliphatic heterocycles. The summed E-state index contributed by atoms with van der Waals surface area (Å²) >= 11 is 0. The second-order valence-corrected chi connectivity index (χ2v) is 3.99. The van der Waals surface area contributed by atoms with Crippen LogP contribution in [0.2, 0.25) is 0 Å². The number of amides is 1. The maximum atomic E-state index is 11.4. The molecule has 1 amide bonds. The number of aliphatic carboxylic acids is 1. The number of carboxylic acid groups (broad SMARTS) is 1. The van der Waals surface area contributed by atoms with E-state index in [-0.39, 0.29) is 25.5 Å². The molecular weight excluding hydrogens is 208 g/mol. The van der Waals surface area contributed by atoms with Crippen LogP contribution in [0.25, 0.3) is 0 Å². The average Bonchev–Trinajstić information content (AvgIpc) is 2.97. The van der Waals surface area contributed by atoms with Crippen molar-refractivity contribution in [3.8, 4) is 12.3 Å². The number of nitrogens with one attached hydrogen (secondary N) is 1. The van der Waals surface area contributed by atoms with Crippen LogP contribution in [0.15, 0.2) is 0 Å². The van der Waals surface area contributed by atoms with E-state index in [1.165, 1.54) is 17.7 Å². The van der Waals surface area contributed by atoms with E-state index in [1.807, 2.05) is 0 Å². The number of carboxylic acids is 1. The third kappa shape index (κ3) is 5.37. The van der Waals surface area contributed by atoms with E-state index in [0.29, 0.717) is 12.5 Å². The Morgan fingerprint density at radius 3 is 2.62 bits per heavy atom. The van der Waals surface area contributed by atoms with E-state index in [1.54, 1.807) is 0 Å². The summed E-state index contributed by atoms with van der Waals surface area (Å²) in [6.45, 7) is 0.698. The third-order valence-electron chi connectivity index (χ3n) is 2.33. The zero-order chi connectivity index (χ0) is 12.0. The lowest BCUT2D eigenvalue weighted by molar-refractivity contribution is -0.138. The SMILES string of the molecule is C#CCN(CC(=O)O)CC(=O)NCC1CC1. The topological polar surface area (TPSA) is 69.6 Å².